The van der Waals surface area contributed by atoms with E-state index < -0.39 is 10.0 Å². The van der Waals surface area contributed by atoms with Gasteiger partial charge in [-0.05, 0) is 30.3 Å². The predicted octanol–water partition coefficient (Wildman–Crippen LogP) is 3.21. The Kier molecular flexibility index (Phi) is 4.25. The Morgan fingerprint density at radius 3 is 2.59 bits per heavy atom. The number of ether oxygens (including phenoxy) is 1. The Labute approximate surface area is 156 Å². The largest absolute Gasteiger partial charge is 0.480 e. The number of nitrogens with one attached hydrogen (secondary N) is 1. The van der Waals surface area contributed by atoms with Gasteiger partial charge in [-0.3, -0.25) is 4.72 Å². The first-order chi connectivity index (χ1) is 13.0. The van der Waals surface area contributed by atoms with Gasteiger partial charge in [0, 0.05) is 17.3 Å². The summed E-state index contributed by atoms with van der Waals surface area (Å²) in [4.78, 5) is 4.73. The molecule has 4 rings (SSSR count). The number of fused-ring (bicyclic) bond motifs is 1. The Bertz CT molecular complexity index is 1200. The first-order valence-corrected chi connectivity index (χ1v) is 9.62. The van der Waals surface area contributed by atoms with Gasteiger partial charge in [-0.2, -0.15) is 0 Å². The highest BCUT2D eigenvalue weighted by atomic mass is 32.2. The van der Waals surface area contributed by atoms with Crippen LogP contribution in [0.1, 0.15) is 0 Å². The van der Waals surface area contributed by atoms with Gasteiger partial charge in [0.15, 0.2) is 5.65 Å². The lowest BCUT2D eigenvalue weighted by Crippen LogP contribution is -2.12. The number of sulfonamides is 1. The van der Waals surface area contributed by atoms with Crippen LogP contribution >= 0.6 is 0 Å². The summed E-state index contributed by atoms with van der Waals surface area (Å²) >= 11 is 0. The third-order valence-electron chi connectivity index (χ3n) is 3.97. The van der Waals surface area contributed by atoms with Crippen LogP contribution in [0.15, 0.2) is 77.8 Å². The van der Waals surface area contributed by atoms with Gasteiger partial charge in [0.25, 0.3) is 10.0 Å². The number of anilines is 1. The van der Waals surface area contributed by atoms with Crippen LogP contribution in [0, 0.1) is 0 Å². The summed E-state index contributed by atoms with van der Waals surface area (Å²) in [7, 11) is -2.10. The molecule has 0 saturated heterocycles. The number of hydrogen-bond donors (Lipinski definition) is 1. The van der Waals surface area contributed by atoms with Crippen LogP contribution in [0.25, 0.3) is 16.9 Å². The van der Waals surface area contributed by atoms with E-state index in [1.165, 1.54) is 0 Å². The molecule has 0 aliphatic rings. The number of imidazole rings is 1. The molecule has 2 aromatic heterocycles. The van der Waals surface area contributed by atoms with Gasteiger partial charge in [0.05, 0.1) is 23.9 Å². The molecule has 0 saturated carbocycles. The monoisotopic (exact) mass is 380 g/mol. The normalized spacial score (nSPS) is 11.4. The minimum atomic E-state index is -3.65. The van der Waals surface area contributed by atoms with E-state index in [0.717, 1.165) is 5.56 Å². The van der Waals surface area contributed by atoms with Crippen LogP contribution in [0.5, 0.6) is 5.88 Å². The second kappa shape index (κ2) is 6.73. The van der Waals surface area contributed by atoms with Gasteiger partial charge in [-0.1, -0.05) is 30.3 Å². The Morgan fingerprint density at radius 2 is 1.81 bits per heavy atom. The van der Waals surface area contributed by atoms with E-state index in [1.807, 2.05) is 6.07 Å². The maximum atomic E-state index is 12.5. The van der Waals surface area contributed by atoms with E-state index >= 15 is 0 Å². The van der Waals surface area contributed by atoms with Crippen molar-refractivity contribution in [3.05, 3.63) is 72.9 Å². The highest BCUT2D eigenvalue weighted by Crippen LogP contribution is 2.24. The smallest absolute Gasteiger partial charge is 0.261 e. The van der Waals surface area contributed by atoms with Gasteiger partial charge in [0.1, 0.15) is 0 Å². The minimum Gasteiger partial charge on any atom is -0.480 e. The molecular formula is C19H16N4O3S. The highest BCUT2D eigenvalue weighted by molar-refractivity contribution is 7.92. The lowest BCUT2D eigenvalue weighted by Gasteiger charge is -2.08. The topological polar surface area (TPSA) is 85.6 Å². The van der Waals surface area contributed by atoms with Gasteiger partial charge in [-0.25, -0.2) is 17.9 Å². The maximum Gasteiger partial charge on any atom is 0.261 e. The van der Waals surface area contributed by atoms with Gasteiger partial charge in [-0.15, -0.1) is 5.10 Å². The first-order valence-electron chi connectivity index (χ1n) is 8.14. The molecule has 0 spiro atoms. The van der Waals surface area contributed by atoms with Crippen molar-refractivity contribution < 1.29 is 13.2 Å². The summed E-state index contributed by atoms with van der Waals surface area (Å²) in [6.07, 6.45) is 1.77. The molecule has 27 heavy (non-hydrogen) atoms. The molecule has 0 bridgehead atoms. The number of rotatable bonds is 5. The summed E-state index contributed by atoms with van der Waals surface area (Å²) in [6, 6.07) is 18.8. The Hall–Kier alpha value is -3.39. The number of benzene rings is 2. The van der Waals surface area contributed by atoms with Crippen LogP contribution in [-0.4, -0.2) is 30.1 Å². The van der Waals surface area contributed by atoms with Gasteiger partial charge in [0.2, 0.25) is 5.88 Å². The molecule has 4 aromatic rings. The van der Waals surface area contributed by atoms with E-state index in [-0.39, 0.29) is 4.90 Å². The number of methoxy groups -OCH3 is 1. The highest BCUT2D eigenvalue weighted by Gasteiger charge is 2.14. The SMILES string of the molecule is COc1ccc2nc(-c3cccc(NS(=O)(=O)c4ccccc4)c3)cn2n1. The fourth-order valence-electron chi connectivity index (χ4n) is 2.67. The van der Waals surface area contributed by atoms with Crippen molar-refractivity contribution in [3.63, 3.8) is 0 Å². The van der Waals surface area contributed by atoms with Crippen LogP contribution in [0.3, 0.4) is 0 Å². The number of aromatic nitrogens is 3. The zero-order valence-electron chi connectivity index (χ0n) is 14.4. The van der Waals surface area contributed by atoms with Crippen molar-refractivity contribution in [2.45, 2.75) is 4.90 Å². The first kappa shape index (κ1) is 17.0. The van der Waals surface area contributed by atoms with E-state index in [0.29, 0.717) is 22.9 Å². The summed E-state index contributed by atoms with van der Waals surface area (Å²) in [5.41, 5.74) is 2.57. The quantitative estimate of drug-likeness (QED) is 0.575. The summed E-state index contributed by atoms with van der Waals surface area (Å²) in [5.74, 6) is 0.482. The molecule has 0 unspecified atom stereocenters. The van der Waals surface area contributed by atoms with Crippen molar-refractivity contribution in [1.29, 1.82) is 0 Å². The van der Waals surface area contributed by atoms with Crippen LogP contribution < -0.4 is 9.46 Å². The molecule has 2 heterocycles. The zero-order chi connectivity index (χ0) is 18.9. The standard InChI is InChI=1S/C19H16N4O3S/c1-26-19-11-10-18-20-17(13-23(18)21-19)14-6-5-7-15(12-14)22-27(24,25)16-8-3-2-4-9-16/h2-13,22H,1H3. The van der Waals surface area contributed by atoms with Crippen molar-refractivity contribution >= 4 is 21.4 Å². The van der Waals surface area contributed by atoms with E-state index in [2.05, 4.69) is 14.8 Å². The molecule has 1 N–H and O–H groups in total. The predicted molar refractivity (Wildman–Crippen MR) is 102 cm³/mol. The third kappa shape index (κ3) is 3.47. The second-order valence-corrected chi connectivity index (χ2v) is 7.49. The third-order valence-corrected chi connectivity index (χ3v) is 5.37. The molecule has 8 heteroatoms. The van der Waals surface area contributed by atoms with Crippen molar-refractivity contribution in [3.8, 4) is 17.1 Å². The molecule has 0 atom stereocenters. The molecule has 0 aliphatic carbocycles. The zero-order valence-corrected chi connectivity index (χ0v) is 15.2. The maximum absolute atomic E-state index is 12.5. The Balaban J connectivity index is 1.67. The fourth-order valence-corrected chi connectivity index (χ4v) is 3.74. The number of nitrogens with zero attached hydrogens (tertiary/aromatic N) is 3. The van der Waals surface area contributed by atoms with E-state index in [9.17, 15) is 8.42 Å². The summed E-state index contributed by atoms with van der Waals surface area (Å²) in [6.45, 7) is 0. The summed E-state index contributed by atoms with van der Waals surface area (Å²) in [5, 5.41) is 4.28. The van der Waals surface area contributed by atoms with Crippen molar-refractivity contribution in [2.75, 3.05) is 11.8 Å². The Morgan fingerprint density at radius 1 is 1.00 bits per heavy atom. The van der Waals surface area contributed by atoms with Gasteiger partial charge < -0.3 is 4.74 Å². The average Bonchev–Trinajstić information content (AvgIpc) is 3.12. The van der Waals surface area contributed by atoms with Crippen molar-refractivity contribution in [1.82, 2.24) is 14.6 Å². The van der Waals surface area contributed by atoms with E-state index in [4.69, 9.17) is 4.74 Å². The molecule has 0 amide bonds. The average molecular weight is 380 g/mol. The van der Waals surface area contributed by atoms with Crippen LogP contribution in [0.2, 0.25) is 0 Å². The van der Waals surface area contributed by atoms with E-state index in [1.54, 1.807) is 78.5 Å². The fraction of sp³-hybridized carbons (Fsp3) is 0.0526. The number of hydrogen-bond acceptors (Lipinski definition) is 5. The van der Waals surface area contributed by atoms with Crippen molar-refractivity contribution in [2.24, 2.45) is 0 Å². The van der Waals surface area contributed by atoms with Crippen LogP contribution in [0.4, 0.5) is 5.69 Å². The minimum absolute atomic E-state index is 0.208. The molecule has 136 valence electrons. The molecule has 0 fully saturated rings. The molecule has 2 aromatic carbocycles. The molecule has 0 aliphatic heterocycles. The van der Waals surface area contributed by atoms with Gasteiger partial charge >= 0.3 is 0 Å². The molecular weight excluding hydrogens is 364 g/mol. The second-order valence-electron chi connectivity index (χ2n) is 5.80. The molecule has 0 radical (unpaired) electrons. The van der Waals surface area contributed by atoms with Crippen LogP contribution in [-0.2, 0) is 10.0 Å². The lowest BCUT2D eigenvalue weighted by atomic mass is 10.1. The lowest BCUT2D eigenvalue weighted by molar-refractivity contribution is 0.390. The summed E-state index contributed by atoms with van der Waals surface area (Å²) < 4.78 is 34.3. The molecule has 7 nitrogen and oxygen atoms in total.